The van der Waals surface area contributed by atoms with Gasteiger partial charge in [0.2, 0.25) is 0 Å². The van der Waals surface area contributed by atoms with E-state index in [0.29, 0.717) is 0 Å². The van der Waals surface area contributed by atoms with Crippen molar-refractivity contribution in [2.75, 3.05) is 0 Å². The summed E-state index contributed by atoms with van der Waals surface area (Å²) in [5.41, 5.74) is 5.00. The largest absolute Gasteiger partial charge is 0.0798 e. The molecular formula is C19H34. The highest BCUT2D eigenvalue weighted by Crippen LogP contribution is 2.50. The van der Waals surface area contributed by atoms with E-state index in [9.17, 15) is 0 Å². The van der Waals surface area contributed by atoms with Crippen molar-refractivity contribution < 1.29 is 0 Å². The predicted octanol–water partition coefficient (Wildman–Crippen LogP) is 6.39. The van der Waals surface area contributed by atoms with Gasteiger partial charge in [-0.2, -0.15) is 0 Å². The van der Waals surface area contributed by atoms with Gasteiger partial charge in [-0.15, -0.1) is 0 Å². The number of fused-ring (bicyclic) bond motifs is 1. The van der Waals surface area contributed by atoms with Crippen molar-refractivity contribution in [1.82, 2.24) is 0 Å². The molecular weight excluding hydrogens is 228 g/mol. The molecule has 1 fully saturated rings. The normalized spacial score (nSPS) is 33.4. The lowest BCUT2D eigenvalue weighted by atomic mass is 9.69. The van der Waals surface area contributed by atoms with Crippen molar-refractivity contribution in [2.45, 2.75) is 74.1 Å². The van der Waals surface area contributed by atoms with Crippen LogP contribution in [0.2, 0.25) is 0 Å². The molecule has 0 heterocycles. The predicted molar refractivity (Wildman–Crippen MR) is 87.3 cm³/mol. The van der Waals surface area contributed by atoms with Crippen LogP contribution >= 0.6 is 0 Å². The summed E-state index contributed by atoms with van der Waals surface area (Å²) < 4.78 is 0. The Morgan fingerprint density at radius 2 is 1.68 bits per heavy atom. The second-order valence-electron chi connectivity index (χ2n) is 7.06. The third kappa shape index (κ3) is 3.97. The molecule has 110 valence electrons. The highest BCUT2D eigenvalue weighted by atomic mass is 14.4. The Morgan fingerprint density at radius 1 is 1.11 bits per heavy atom. The number of allylic oxidation sites excluding steroid dienone is 4. The van der Waals surface area contributed by atoms with Gasteiger partial charge >= 0.3 is 0 Å². The van der Waals surface area contributed by atoms with E-state index in [2.05, 4.69) is 54.5 Å². The first kappa shape index (κ1) is 16.5. The molecule has 1 unspecified atom stereocenters. The van der Waals surface area contributed by atoms with Crippen LogP contribution in [0.5, 0.6) is 0 Å². The SMILES string of the molecule is CC(C)=C[C@@H]1CC[C@@H](C)C2C1=C(C)C[C@H]2C.CCC. The van der Waals surface area contributed by atoms with Gasteiger partial charge in [-0.25, -0.2) is 0 Å². The van der Waals surface area contributed by atoms with Crippen LogP contribution in [0.3, 0.4) is 0 Å². The van der Waals surface area contributed by atoms with Gasteiger partial charge in [0, 0.05) is 0 Å². The van der Waals surface area contributed by atoms with Crippen LogP contribution < -0.4 is 0 Å². The van der Waals surface area contributed by atoms with E-state index >= 15 is 0 Å². The fraction of sp³-hybridized carbons (Fsp3) is 0.789. The van der Waals surface area contributed by atoms with Gasteiger partial charge in [-0.1, -0.05) is 56.9 Å². The van der Waals surface area contributed by atoms with Crippen LogP contribution in [-0.4, -0.2) is 0 Å². The minimum Gasteiger partial charge on any atom is -0.0798 e. The van der Waals surface area contributed by atoms with Gasteiger partial charge in [0.15, 0.2) is 0 Å². The van der Waals surface area contributed by atoms with E-state index in [-0.39, 0.29) is 0 Å². The van der Waals surface area contributed by atoms with E-state index in [1.54, 1.807) is 5.57 Å². The molecule has 2 aliphatic rings. The fourth-order valence-corrected chi connectivity index (χ4v) is 4.10. The first-order valence-electron chi connectivity index (χ1n) is 8.26. The molecule has 0 aromatic heterocycles. The molecule has 19 heavy (non-hydrogen) atoms. The van der Waals surface area contributed by atoms with E-state index in [1.165, 1.54) is 31.3 Å². The Kier molecular flexibility index (Phi) is 6.36. The van der Waals surface area contributed by atoms with Gasteiger partial charge in [-0.3, -0.25) is 0 Å². The number of hydrogen-bond acceptors (Lipinski definition) is 0. The van der Waals surface area contributed by atoms with Crippen molar-refractivity contribution in [1.29, 1.82) is 0 Å². The molecule has 2 aliphatic carbocycles. The lowest BCUT2D eigenvalue weighted by Crippen LogP contribution is -2.26. The summed E-state index contributed by atoms with van der Waals surface area (Å²) in [5, 5.41) is 0. The zero-order valence-corrected chi connectivity index (χ0v) is 14.2. The molecule has 0 aromatic rings. The summed E-state index contributed by atoms with van der Waals surface area (Å²) in [4.78, 5) is 0. The maximum absolute atomic E-state index is 2.51. The van der Waals surface area contributed by atoms with Gasteiger partial charge < -0.3 is 0 Å². The molecule has 0 aromatic carbocycles. The summed E-state index contributed by atoms with van der Waals surface area (Å²) in [6, 6.07) is 0. The Balaban J connectivity index is 0.000000550. The number of rotatable bonds is 1. The average molecular weight is 262 g/mol. The molecule has 0 amide bonds. The highest BCUT2D eigenvalue weighted by molar-refractivity contribution is 5.31. The molecule has 4 atom stereocenters. The van der Waals surface area contributed by atoms with E-state index < -0.39 is 0 Å². The molecule has 0 spiro atoms. The van der Waals surface area contributed by atoms with Crippen molar-refractivity contribution in [3.05, 3.63) is 22.8 Å². The molecule has 0 N–H and O–H groups in total. The van der Waals surface area contributed by atoms with Crippen LogP contribution in [0.25, 0.3) is 0 Å². The third-order valence-corrected chi connectivity index (χ3v) is 4.57. The summed E-state index contributed by atoms with van der Waals surface area (Å²) in [7, 11) is 0. The summed E-state index contributed by atoms with van der Waals surface area (Å²) >= 11 is 0. The molecule has 0 saturated heterocycles. The first-order chi connectivity index (χ1) is 8.92. The van der Waals surface area contributed by atoms with Crippen LogP contribution in [0.4, 0.5) is 0 Å². The standard InChI is InChI=1S/C16H26.C3H8/c1-10(2)8-14-7-6-11(3)15-12(4)9-13(5)16(14)15;1-3-2/h8,11-12,14-15H,6-7,9H2,1-5H3;3H2,1-2H3/t11-,12-,14+,15?;/m1./s1. The summed E-state index contributed by atoms with van der Waals surface area (Å²) in [6.07, 6.45) is 7.90. The van der Waals surface area contributed by atoms with Crippen LogP contribution in [0.1, 0.15) is 74.1 Å². The van der Waals surface area contributed by atoms with E-state index in [1.807, 2.05) is 5.57 Å². The highest BCUT2D eigenvalue weighted by Gasteiger charge is 2.39. The van der Waals surface area contributed by atoms with Crippen molar-refractivity contribution in [2.24, 2.45) is 23.7 Å². The second-order valence-corrected chi connectivity index (χ2v) is 7.06. The first-order valence-corrected chi connectivity index (χ1v) is 8.26. The second kappa shape index (κ2) is 7.31. The minimum atomic E-state index is 0.760. The molecule has 0 nitrogen and oxygen atoms in total. The lowest BCUT2D eigenvalue weighted by molar-refractivity contribution is 0.247. The molecule has 0 bridgehead atoms. The third-order valence-electron chi connectivity index (χ3n) is 4.57. The van der Waals surface area contributed by atoms with Crippen LogP contribution in [0, 0.1) is 23.7 Å². The quantitative estimate of drug-likeness (QED) is 0.480. The molecule has 0 radical (unpaired) electrons. The van der Waals surface area contributed by atoms with E-state index in [0.717, 1.165) is 23.7 Å². The van der Waals surface area contributed by atoms with E-state index in [4.69, 9.17) is 0 Å². The number of hydrogen-bond donors (Lipinski definition) is 0. The van der Waals surface area contributed by atoms with Crippen molar-refractivity contribution in [3.63, 3.8) is 0 Å². The molecule has 2 rings (SSSR count). The zero-order valence-electron chi connectivity index (χ0n) is 14.2. The van der Waals surface area contributed by atoms with Gasteiger partial charge in [0.1, 0.15) is 0 Å². The molecule has 0 heteroatoms. The fourth-order valence-electron chi connectivity index (χ4n) is 4.10. The summed E-state index contributed by atoms with van der Waals surface area (Å²) in [6.45, 7) is 16.0. The Hall–Kier alpha value is -0.520. The Bertz CT molecular complexity index is 341. The Labute approximate surface area is 121 Å². The minimum absolute atomic E-state index is 0.760. The van der Waals surface area contributed by atoms with Crippen LogP contribution in [0.15, 0.2) is 22.8 Å². The summed E-state index contributed by atoms with van der Waals surface area (Å²) in [5.74, 6) is 3.44. The zero-order chi connectivity index (χ0) is 14.6. The topological polar surface area (TPSA) is 0 Å². The van der Waals surface area contributed by atoms with Crippen molar-refractivity contribution in [3.8, 4) is 0 Å². The average Bonchev–Trinajstić information content (AvgIpc) is 2.60. The van der Waals surface area contributed by atoms with Gasteiger partial charge in [-0.05, 0) is 63.7 Å². The van der Waals surface area contributed by atoms with Crippen LogP contribution in [-0.2, 0) is 0 Å². The lowest BCUT2D eigenvalue weighted by Gasteiger charge is -2.36. The maximum atomic E-state index is 2.51. The van der Waals surface area contributed by atoms with Gasteiger partial charge in [0.25, 0.3) is 0 Å². The smallest absolute Gasteiger partial charge is 0.00151 e. The van der Waals surface area contributed by atoms with Crippen molar-refractivity contribution >= 4 is 0 Å². The Morgan fingerprint density at radius 3 is 2.21 bits per heavy atom. The molecule has 0 aliphatic heterocycles. The molecule has 1 saturated carbocycles. The maximum Gasteiger partial charge on any atom is -0.00151 e. The van der Waals surface area contributed by atoms with Gasteiger partial charge in [0.05, 0.1) is 0 Å². The monoisotopic (exact) mass is 262 g/mol.